The van der Waals surface area contributed by atoms with Crippen LogP contribution in [0.4, 0.5) is 5.69 Å². The summed E-state index contributed by atoms with van der Waals surface area (Å²) in [5, 5.41) is 7.46. The van der Waals surface area contributed by atoms with Crippen molar-refractivity contribution in [3.63, 3.8) is 0 Å². The molecule has 0 heterocycles. The van der Waals surface area contributed by atoms with Gasteiger partial charge < -0.3 is 10.6 Å². The molecule has 6 heteroatoms. The van der Waals surface area contributed by atoms with Gasteiger partial charge in [-0.2, -0.15) is 12.6 Å². The number of carbonyl (C=O) groups is 2. The van der Waals surface area contributed by atoms with Crippen molar-refractivity contribution in [3.8, 4) is 0 Å². The van der Waals surface area contributed by atoms with Gasteiger partial charge in [0.1, 0.15) is 6.04 Å². The third-order valence-corrected chi connectivity index (χ3v) is 3.80. The highest BCUT2D eigenvalue weighted by molar-refractivity contribution is 9.10. The molecule has 1 atom stereocenters. The van der Waals surface area contributed by atoms with Gasteiger partial charge in [-0.3, -0.25) is 9.59 Å². The van der Waals surface area contributed by atoms with E-state index in [0.29, 0.717) is 5.69 Å². The van der Waals surface area contributed by atoms with Crippen LogP contribution < -0.4 is 10.6 Å². The van der Waals surface area contributed by atoms with Crippen molar-refractivity contribution in [2.75, 3.05) is 11.1 Å². The molecule has 2 N–H and O–H groups in total. The van der Waals surface area contributed by atoms with Gasteiger partial charge in [0, 0.05) is 22.8 Å². The number of anilines is 1. The van der Waals surface area contributed by atoms with Gasteiger partial charge >= 0.3 is 0 Å². The Morgan fingerprint density at radius 2 is 1.86 bits per heavy atom. The van der Waals surface area contributed by atoms with Crippen LogP contribution >= 0.6 is 28.6 Å². The number of carbonyl (C=O) groups excluding carboxylic acids is 2. The zero-order valence-electron chi connectivity index (χ0n) is 11.4. The van der Waals surface area contributed by atoms with Crippen molar-refractivity contribution >= 4 is 56.8 Å². The average molecular weight is 367 g/mol. The smallest absolute Gasteiger partial charge is 0.247 e. The lowest BCUT2D eigenvalue weighted by Gasteiger charge is -2.15. The van der Waals surface area contributed by atoms with E-state index in [0.717, 1.165) is 15.2 Å². The Labute approximate surface area is 136 Å². The molecular weight excluding hydrogens is 352 g/mol. The summed E-state index contributed by atoms with van der Waals surface area (Å²) < 4.78 is 1.01. The topological polar surface area (TPSA) is 58.2 Å². The van der Waals surface area contributed by atoms with Crippen LogP contribution in [0.25, 0.3) is 10.8 Å². The average Bonchev–Trinajstić information content (AvgIpc) is 2.44. The molecule has 0 aliphatic carbocycles. The summed E-state index contributed by atoms with van der Waals surface area (Å²) >= 11 is 7.51. The SMILES string of the molecule is CC(=O)NC(CS)C(=O)Nc1ccc2cc(Br)ccc2c1. The molecule has 0 aliphatic heterocycles. The lowest BCUT2D eigenvalue weighted by atomic mass is 10.1. The molecule has 0 fully saturated rings. The molecule has 2 rings (SSSR count). The summed E-state index contributed by atoms with van der Waals surface area (Å²) in [6.07, 6.45) is 0. The van der Waals surface area contributed by atoms with Crippen molar-refractivity contribution in [3.05, 3.63) is 40.9 Å². The number of amides is 2. The van der Waals surface area contributed by atoms with Crippen molar-refractivity contribution in [2.45, 2.75) is 13.0 Å². The lowest BCUT2D eigenvalue weighted by Crippen LogP contribution is -2.44. The van der Waals surface area contributed by atoms with Crippen LogP contribution in [-0.2, 0) is 9.59 Å². The van der Waals surface area contributed by atoms with Gasteiger partial charge in [0.25, 0.3) is 0 Å². The van der Waals surface area contributed by atoms with Crippen LogP contribution in [0, 0.1) is 0 Å². The van der Waals surface area contributed by atoms with E-state index in [-0.39, 0.29) is 17.6 Å². The molecule has 0 saturated heterocycles. The predicted molar refractivity (Wildman–Crippen MR) is 91.7 cm³/mol. The Kier molecular flexibility index (Phi) is 5.25. The molecule has 1 unspecified atom stereocenters. The maximum Gasteiger partial charge on any atom is 0.247 e. The molecule has 0 spiro atoms. The number of hydrogen-bond donors (Lipinski definition) is 3. The molecule has 110 valence electrons. The molecule has 0 saturated carbocycles. The molecule has 2 amide bonds. The van der Waals surface area contributed by atoms with Crippen molar-refractivity contribution in [2.24, 2.45) is 0 Å². The zero-order valence-corrected chi connectivity index (χ0v) is 13.9. The van der Waals surface area contributed by atoms with Crippen LogP contribution in [0.15, 0.2) is 40.9 Å². The number of nitrogens with one attached hydrogen (secondary N) is 2. The molecular formula is C15H15BrN2O2S. The van der Waals surface area contributed by atoms with Crippen LogP contribution in [-0.4, -0.2) is 23.6 Å². The molecule has 4 nitrogen and oxygen atoms in total. The molecule has 0 aliphatic rings. The van der Waals surface area contributed by atoms with Crippen LogP contribution in [0.2, 0.25) is 0 Å². The third kappa shape index (κ3) is 4.22. The van der Waals surface area contributed by atoms with Gasteiger partial charge in [-0.15, -0.1) is 0 Å². The molecule has 0 radical (unpaired) electrons. The first-order valence-electron chi connectivity index (χ1n) is 6.38. The normalized spacial score (nSPS) is 12.0. The highest BCUT2D eigenvalue weighted by Crippen LogP contribution is 2.23. The fourth-order valence-corrected chi connectivity index (χ4v) is 2.60. The van der Waals surface area contributed by atoms with Crippen LogP contribution in [0.5, 0.6) is 0 Å². The monoisotopic (exact) mass is 366 g/mol. The standard InChI is InChI=1S/C15H15BrN2O2S/c1-9(19)17-14(8-21)15(20)18-13-5-3-10-6-12(16)4-2-11(10)7-13/h2-7,14,21H,8H2,1H3,(H,17,19)(H,18,20). The van der Waals surface area contributed by atoms with Gasteiger partial charge in [-0.1, -0.05) is 28.1 Å². The number of fused-ring (bicyclic) bond motifs is 1. The van der Waals surface area contributed by atoms with Crippen molar-refractivity contribution < 1.29 is 9.59 Å². The second kappa shape index (κ2) is 6.95. The van der Waals surface area contributed by atoms with E-state index < -0.39 is 6.04 Å². The van der Waals surface area contributed by atoms with Gasteiger partial charge in [0.15, 0.2) is 0 Å². The highest BCUT2D eigenvalue weighted by atomic mass is 79.9. The molecule has 21 heavy (non-hydrogen) atoms. The number of benzene rings is 2. The summed E-state index contributed by atoms with van der Waals surface area (Å²) in [5.74, 6) is -0.296. The van der Waals surface area contributed by atoms with E-state index in [4.69, 9.17) is 0 Å². The minimum absolute atomic E-state index is 0.242. The fraction of sp³-hybridized carbons (Fsp3) is 0.200. The quantitative estimate of drug-likeness (QED) is 0.728. The summed E-state index contributed by atoms with van der Waals surface area (Å²) in [6, 6.07) is 10.9. The maximum absolute atomic E-state index is 12.1. The van der Waals surface area contributed by atoms with Gasteiger partial charge in [-0.25, -0.2) is 0 Å². The summed E-state index contributed by atoms with van der Waals surface area (Å²) in [4.78, 5) is 23.1. The number of hydrogen-bond acceptors (Lipinski definition) is 3. The van der Waals surface area contributed by atoms with Gasteiger partial charge in [0.05, 0.1) is 0 Å². The summed E-state index contributed by atoms with van der Waals surface area (Å²) in [5.41, 5.74) is 0.687. The van der Waals surface area contributed by atoms with E-state index >= 15 is 0 Å². The predicted octanol–water partition coefficient (Wildman–Crippen LogP) is 2.98. The highest BCUT2D eigenvalue weighted by Gasteiger charge is 2.17. The molecule has 2 aromatic rings. The Balaban J connectivity index is 2.17. The Morgan fingerprint density at radius 3 is 2.52 bits per heavy atom. The second-order valence-corrected chi connectivity index (χ2v) is 5.91. The van der Waals surface area contributed by atoms with Gasteiger partial charge in [-0.05, 0) is 35.0 Å². The minimum Gasteiger partial charge on any atom is -0.344 e. The first kappa shape index (κ1) is 15.9. The molecule has 0 aromatic heterocycles. The van der Waals surface area contributed by atoms with E-state index in [9.17, 15) is 9.59 Å². The first-order chi connectivity index (χ1) is 9.99. The Hall–Kier alpha value is -1.53. The van der Waals surface area contributed by atoms with E-state index in [2.05, 4.69) is 39.2 Å². The Morgan fingerprint density at radius 1 is 1.19 bits per heavy atom. The van der Waals surface area contributed by atoms with E-state index in [1.54, 1.807) is 0 Å². The van der Waals surface area contributed by atoms with Gasteiger partial charge in [0.2, 0.25) is 11.8 Å². The van der Waals surface area contributed by atoms with E-state index in [1.807, 2.05) is 36.4 Å². The zero-order chi connectivity index (χ0) is 15.4. The van der Waals surface area contributed by atoms with Crippen molar-refractivity contribution in [1.29, 1.82) is 0 Å². The summed E-state index contributed by atoms with van der Waals surface area (Å²) in [7, 11) is 0. The van der Waals surface area contributed by atoms with E-state index in [1.165, 1.54) is 6.92 Å². The number of thiol groups is 1. The Bertz CT molecular complexity index is 690. The number of halogens is 1. The fourth-order valence-electron chi connectivity index (χ4n) is 1.96. The summed E-state index contributed by atoms with van der Waals surface area (Å²) in [6.45, 7) is 1.37. The van der Waals surface area contributed by atoms with Crippen LogP contribution in [0.3, 0.4) is 0 Å². The second-order valence-electron chi connectivity index (χ2n) is 4.63. The largest absolute Gasteiger partial charge is 0.344 e. The van der Waals surface area contributed by atoms with Crippen LogP contribution in [0.1, 0.15) is 6.92 Å². The molecule has 0 bridgehead atoms. The minimum atomic E-state index is -0.647. The number of rotatable bonds is 4. The lowest BCUT2D eigenvalue weighted by molar-refractivity contribution is -0.124. The third-order valence-electron chi connectivity index (χ3n) is 2.95. The first-order valence-corrected chi connectivity index (χ1v) is 7.80. The molecule has 2 aromatic carbocycles. The maximum atomic E-state index is 12.1. The van der Waals surface area contributed by atoms with Crippen molar-refractivity contribution in [1.82, 2.24) is 5.32 Å².